The third-order valence-corrected chi connectivity index (χ3v) is 5.74. The maximum Gasteiger partial charge on any atom is 0.505 e. The summed E-state index contributed by atoms with van der Waals surface area (Å²) < 4.78 is 21.3. The molecule has 0 spiro atoms. The van der Waals surface area contributed by atoms with Crippen LogP contribution in [-0.2, 0) is 18.8 Å². The summed E-state index contributed by atoms with van der Waals surface area (Å²) in [5.74, 6) is -0.380. The number of aliphatic hydroxyl groups is 1. The molecule has 1 amide bonds. The van der Waals surface area contributed by atoms with Crippen LogP contribution in [0.5, 0.6) is 0 Å². The molecule has 9 heteroatoms. The van der Waals surface area contributed by atoms with Gasteiger partial charge in [-0.2, -0.15) is 4.89 Å². The zero-order valence-corrected chi connectivity index (χ0v) is 18.2. The minimum atomic E-state index is -2.11. The molecule has 0 heterocycles. The van der Waals surface area contributed by atoms with Crippen LogP contribution in [0.15, 0.2) is 0 Å². The lowest BCUT2D eigenvalue weighted by atomic mass is 9.80. The Morgan fingerprint density at radius 1 is 1.14 bits per heavy atom. The molecule has 162 valence electrons. The quantitative estimate of drug-likeness (QED) is 0.281. The molecule has 5 atom stereocenters. The highest BCUT2D eigenvalue weighted by molar-refractivity contribution is 7.38. The maximum absolute atomic E-state index is 12.0. The highest BCUT2D eigenvalue weighted by Crippen LogP contribution is 2.35. The molecular weight excluding hydrogens is 385 g/mol. The Kier molecular flexibility index (Phi) is 10.9. The third kappa shape index (κ3) is 9.80. The van der Waals surface area contributed by atoms with E-state index < -0.39 is 32.6 Å². The van der Waals surface area contributed by atoms with E-state index in [1.807, 2.05) is 0 Å². The molecule has 0 aliphatic heterocycles. The van der Waals surface area contributed by atoms with Crippen molar-refractivity contribution in [2.45, 2.75) is 78.7 Å². The smallest absolute Gasteiger partial charge is 0.425 e. The number of carbonyl (C=O) groups excluding carboxylic acids is 2. The first kappa shape index (κ1) is 24.8. The van der Waals surface area contributed by atoms with Crippen LogP contribution in [0.3, 0.4) is 0 Å². The van der Waals surface area contributed by atoms with E-state index in [-0.39, 0.29) is 17.8 Å². The highest BCUT2D eigenvalue weighted by atomic mass is 31.1. The summed E-state index contributed by atoms with van der Waals surface area (Å²) in [4.78, 5) is 32.8. The van der Waals surface area contributed by atoms with E-state index in [0.717, 1.165) is 32.1 Å². The number of esters is 1. The van der Waals surface area contributed by atoms with E-state index in [1.54, 1.807) is 27.7 Å². The third-order valence-electron chi connectivity index (χ3n) is 4.91. The maximum atomic E-state index is 12.0. The summed E-state index contributed by atoms with van der Waals surface area (Å²) in [5, 5.41) is 12.4. The SMILES string of the molecule is CC(C)C(=O)O[C@@H](OC(=O)NC(O)CCC1CCCC(C[P+](=O)O)C1)C(C)C. The summed E-state index contributed by atoms with van der Waals surface area (Å²) in [6.07, 6.45) is 2.41. The van der Waals surface area contributed by atoms with E-state index in [4.69, 9.17) is 14.4 Å². The minimum absolute atomic E-state index is 0.220. The van der Waals surface area contributed by atoms with Gasteiger partial charge in [0.1, 0.15) is 6.23 Å². The van der Waals surface area contributed by atoms with Gasteiger partial charge in [0.15, 0.2) is 6.16 Å². The molecule has 1 aliphatic carbocycles. The van der Waals surface area contributed by atoms with E-state index in [0.29, 0.717) is 18.5 Å². The number of amides is 1. The zero-order valence-electron chi connectivity index (χ0n) is 17.3. The topological polar surface area (TPSA) is 122 Å². The second kappa shape index (κ2) is 12.3. The number of hydrogen-bond donors (Lipinski definition) is 3. The van der Waals surface area contributed by atoms with Gasteiger partial charge in [-0.25, -0.2) is 4.79 Å². The number of hydrogen-bond acceptors (Lipinski definition) is 6. The Hall–Kier alpha value is -1.24. The van der Waals surface area contributed by atoms with Crippen molar-refractivity contribution in [3.8, 4) is 0 Å². The second-order valence-corrected chi connectivity index (χ2v) is 9.35. The molecule has 0 aromatic carbocycles. The molecule has 0 aromatic rings. The van der Waals surface area contributed by atoms with Gasteiger partial charge >= 0.3 is 20.1 Å². The van der Waals surface area contributed by atoms with Crippen LogP contribution in [0.2, 0.25) is 0 Å². The van der Waals surface area contributed by atoms with Crippen molar-refractivity contribution in [2.24, 2.45) is 23.7 Å². The van der Waals surface area contributed by atoms with Gasteiger partial charge in [0.05, 0.1) is 5.92 Å². The first-order valence-corrected chi connectivity index (χ1v) is 11.5. The highest BCUT2D eigenvalue weighted by Gasteiger charge is 2.29. The first-order chi connectivity index (χ1) is 13.1. The molecule has 1 fully saturated rings. The van der Waals surface area contributed by atoms with Gasteiger partial charge in [-0.3, -0.25) is 10.1 Å². The number of rotatable bonds is 10. The molecule has 0 radical (unpaired) electrons. The molecule has 0 saturated heterocycles. The van der Waals surface area contributed by atoms with Crippen LogP contribution < -0.4 is 5.32 Å². The summed E-state index contributed by atoms with van der Waals surface area (Å²) in [7, 11) is -2.11. The lowest BCUT2D eigenvalue weighted by molar-refractivity contribution is -0.179. The van der Waals surface area contributed by atoms with E-state index >= 15 is 0 Å². The number of carbonyl (C=O) groups is 2. The number of alkyl carbamates (subject to hydrolysis) is 1. The van der Waals surface area contributed by atoms with Gasteiger partial charge in [0, 0.05) is 11.8 Å². The van der Waals surface area contributed by atoms with Crippen LogP contribution >= 0.6 is 8.03 Å². The van der Waals surface area contributed by atoms with Gasteiger partial charge in [-0.15, -0.1) is 0 Å². The van der Waals surface area contributed by atoms with Crippen molar-refractivity contribution >= 4 is 20.1 Å². The molecular formula is C19H35NO7P+. The molecule has 1 aliphatic rings. The van der Waals surface area contributed by atoms with E-state index in [2.05, 4.69) is 5.32 Å². The van der Waals surface area contributed by atoms with Crippen LogP contribution in [0.4, 0.5) is 4.79 Å². The first-order valence-electron chi connectivity index (χ1n) is 10.1. The molecule has 3 N–H and O–H groups in total. The standard InChI is InChI=1S/C19H34NO7P/c1-12(2)17(22)26-18(13(3)4)27-19(23)20-16(21)9-8-14-6-5-7-15(10-14)11-28(24)25/h12-16,18,21H,5-11H2,1-4H3,(H-,20,23,24,25)/p+1/t14?,15?,16?,18-/m0/s1. The Morgan fingerprint density at radius 2 is 1.79 bits per heavy atom. The summed E-state index contributed by atoms with van der Waals surface area (Å²) in [5.41, 5.74) is 0. The molecule has 0 aromatic heterocycles. The van der Waals surface area contributed by atoms with Gasteiger partial charge < -0.3 is 14.6 Å². The van der Waals surface area contributed by atoms with Crippen molar-refractivity contribution in [1.82, 2.24) is 5.32 Å². The molecule has 8 nitrogen and oxygen atoms in total. The van der Waals surface area contributed by atoms with Crippen LogP contribution in [0.25, 0.3) is 0 Å². The van der Waals surface area contributed by atoms with Crippen molar-refractivity contribution < 1.29 is 33.6 Å². The lowest BCUT2D eigenvalue weighted by Gasteiger charge is -2.27. The van der Waals surface area contributed by atoms with Gasteiger partial charge in [-0.1, -0.05) is 40.5 Å². The fraction of sp³-hybridized carbons (Fsp3) is 0.895. The van der Waals surface area contributed by atoms with Gasteiger partial charge in [-0.05, 0) is 36.2 Å². The van der Waals surface area contributed by atoms with Crippen LogP contribution in [0.1, 0.15) is 66.2 Å². The Morgan fingerprint density at radius 3 is 2.36 bits per heavy atom. The van der Waals surface area contributed by atoms with E-state index in [9.17, 15) is 19.3 Å². The van der Waals surface area contributed by atoms with Crippen molar-refractivity contribution in [1.29, 1.82) is 0 Å². The van der Waals surface area contributed by atoms with Gasteiger partial charge in [0.2, 0.25) is 0 Å². The average Bonchev–Trinajstić information content (AvgIpc) is 2.58. The molecule has 1 saturated carbocycles. The predicted octanol–water partition coefficient (Wildman–Crippen LogP) is 3.53. The fourth-order valence-corrected chi connectivity index (χ4v) is 4.11. The molecule has 28 heavy (non-hydrogen) atoms. The summed E-state index contributed by atoms with van der Waals surface area (Å²) >= 11 is 0. The molecule has 4 unspecified atom stereocenters. The zero-order chi connectivity index (χ0) is 21.3. The van der Waals surface area contributed by atoms with E-state index in [1.165, 1.54) is 0 Å². The molecule has 1 rings (SSSR count). The second-order valence-electron chi connectivity index (χ2n) is 8.28. The van der Waals surface area contributed by atoms with Crippen molar-refractivity contribution in [3.05, 3.63) is 0 Å². The van der Waals surface area contributed by atoms with Crippen molar-refractivity contribution in [2.75, 3.05) is 6.16 Å². The summed E-state index contributed by atoms with van der Waals surface area (Å²) in [6.45, 7) is 6.92. The lowest BCUT2D eigenvalue weighted by Crippen LogP contribution is -2.40. The number of aliphatic hydroxyl groups excluding tert-OH is 1. The normalized spacial score (nSPS) is 22.5. The Balaban J connectivity index is 2.38. The average molecular weight is 420 g/mol. The summed E-state index contributed by atoms with van der Waals surface area (Å²) in [6, 6.07) is 0. The Bertz CT molecular complexity index is 526. The van der Waals surface area contributed by atoms with Crippen LogP contribution in [0, 0.1) is 23.7 Å². The van der Waals surface area contributed by atoms with Crippen LogP contribution in [-0.4, -0.2) is 40.7 Å². The minimum Gasteiger partial charge on any atom is -0.425 e. The van der Waals surface area contributed by atoms with Gasteiger partial charge in [0.25, 0.3) is 6.29 Å². The molecule has 0 bridgehead atoms. The fourth-order valence-electron chi connectivity index (χ4n) is 3.34. The largest absolute Gasteiger partial charge is 0.505 e. The Labute approximate surface area is 168 Å². The number of ether oxygens (including phenoxy) is 2. The monoisotopic (exact) mass is 420 g/mol. The predicted molar refractivity (Wildman–Crippen MR) is 105 cm³/mol. The van der Waals surface area contributed by atoms with Crippen molar-refractivity contribution in [3.63, 3.8) is 0 Å². The number of nitrogens with one attached hydrogen (secondary N) is 1.